The lowest BCUT2D eigenvalue weighted by Crippen LogP contribution is -2.36. The Kier molecular flexibility index (Phi) is 17.2. The minimum absolute atomic E-state index is 0.168. The van der Waals surface area contributed by atoms with E-state index in [1.807, 2.05) is 30.3 Å². The highest BCUT2D eigenvalue weighted by Gasteiger charge is 2.43. The van der Waals surface area contributed by atoms with Crippen molar-refractivity contribution in [2.75, 3.05) is 32.1 Å². The van der Waals surface area contributed by atoms with Crippen molar-refractivity contribution in [3.05, 3.63) is 232 Å². The monoisotopic (exact) mass is 1000 g/mol. The van der Waals surface area contributed by atoms with Gasteiger partial charge < -0.3 is 30.3 Å². The van der Waals surface area contributed by atoms with Crippen molar-refractivity contribution in [1.82, 2.24) is 15.1 Å². The number of amides is 1. The quantitative estimate of drug-likeness (QED) is 0.0161. The molecule has 1 amide bonds. The molecular formula is C63H72B2N5O5+. The van der Waals surface area contributed by atoms with Gasteiger partial charge in [-0.1, -0.05) is 160 Å². The van der Waals surface area contributed by atoms with Gasteiger partial charge in [-0.25, -0.2) is 0 Å². The van der Waals surface area contributed by atoms with E-state index >= 15 is 0 Å². The van der Waals surface area contributed by atoms with Gasteiger partial charge in [0.15, 0.2) is 5.71 Å². The van der Waals surface area contributed by atoms with Crippen LogP contribution in [0.3, 0.4) is 0 Å². The average Bonchev–Trinajstić information content (AvgIpc) is 3.73. The van der Waals surface area contributed by atoms with Crippen molar-refractivity contribution in [3.63, 3.8) is 0 Å². The van der Waals surface area contributed by atoms with E-state index in [9.17, 15) is 24.9 Å². The predicted molar refractivity (Wildman–Crippen MR) is 308 cm³/mol. The summed E-state index contributed by atoms with van der Waals surface area (Å²) in [6.07, 6.45) is 9.78. The number of rotatable bonds is 21. The van der Waals surface area contributed by atoms with E-state index in [0.717, 1.165) is 39.0 Å². The molecule has 6 aromatic carbocycles. The molecule has 0 radical (unpaired) electrons. The maximum absolute atomic E-state index is 12.2. The largest absolute Gasteiger partial charge is 0.488 e. The fourth-order valence-electron chi connectivity index (χ4n) is 10.9. The van der Waals surface area contributed by atoms with Crippen LogP contribution in [0.25, 0.3) is 5.57 Å². The molecule has 0 aromatic heterocycles. The van der Waals surface area contributed by atoms with Crippen LogP contribution in [-0.2, 0) is 48.3 Å². The van der Waals surface area contributed by atoms with Crippen molar-refractivity contribution < 1.29 is 29.5 Å². The number of likely N-dealkylation sites (N-methyl/N-ethyl adjacent to an activating group) is 1. The van der Waals surface area contributed by atoms with Crippen LogP contribution in [0.4, 0.5) is 11.4 Å². The molecule has 10 nitrogen and oxygen atoms in total. The third-order valence-corrected chi connectivity index (χ3v) is 15.0. The molecule has 0 saturated carbocycles. The number of benzene rings is 6. The smallest absolute Gasteiger partial charge is 0.423 e. The number of anilines is 1. The lowest BCUT2D eigenvalue weighted by Gasteiger charge is -2.25. The number of carbonyl (C=O) groups excluding carboxylic acids is 1. The first-order valence-corrected chi connectivity index (χ1v) is 26.0. The van der Waals surface area contributed by atoms with Crippen molar-refractivity contribution in [3.8, 4) is 0 Å². The van der Waals surface area contributed by atoms with Gasteiger partial charge in [-0.2, -0.15) is 4.58 Å². The van der Waals surface area contributed by atoms with Crippen molar-refractivity contribution >= 4 is 53.7 Å². The second-order valence-electron chi connectivity index (χ2n) is 21.2. The molecule has 0 fully saturated rings. The highest BCUT2D eigenvalue weighted by molar-refractivity contribution is 6.59. The summed E-state index contributed by atoms with van der Waals surface area (Å²) in [5, 5.41) is 44.0. The first kappa shape index (κ1) is 54.4. The second kappa shape index (κ2) is 23.8. The van der Waals surface area contributed by atoms with E-state index in [1.165, 1.54) is 33.9 Å². The van der Waals surface area contributed by atoms with E-state index in [4.69, 9.17) is 0 Å². The zero-order valence-electron chi connectivity index (χ0n) is 44.7. The fourth-order valence-corrected chi connectivity index (χ4v) is 10.9. The molecule has 75 heavy (non-hydrogen) atoms. The van der Waals surface area contributed by atoms with Crippen LogP contribution in [0.1, 0.15) is 85.5 Å². The number of nitrogens with zero attached hydrogens (tertiary/aromatic N) is 4. The summed E-state index contributed by atoms with van der Waals surface area (Å²) in [7, 11) is 1.12. The average molecular weight is 1000 g/mol. The Bertz CT molecular complexity index is 3140. The normalized spacial score (nSPS) is 15.3. The molecule has 6 aromatic rings. The standard InChI is InChI=1S/C63H71B2N5O5/c1-45(2)61(71)66-38-17-39-69(43-51-18-9-13-22-55(51)64(72)73)40-46-26-28-47(29-27-46)41-70(44-52-19-10-14-23-56(52)65(74)75)42-48-30-32-49(33-31-48)50(34-36-59-62(3,4)53-20-11-15-24-57(53)67(59)7)35-37-60-63(5,6)54-21-12-16-25-58(54)68(60)8/h9-16,18-37,72-75H,1,17,38-44H2,2-8H3/p+1. The summed E-state index contributed by atoms with van der Waals surface area (Å²) in [4.78, 5) is 19.1. The highest BCUT2D eigenvalue weighted by atomic mass is 16.4. The Morgan fingerprint density at radius 2 is 1.17 bits per heavy atom. The van der Waals surface area contributed by atoms with Crippen LogP contribution < -0.4 is 21.1 Å². The SMILES string of the molecule is C=C(C)C(=O)NCCCN(Cc1ccc(CN(Cc2ccc(C(=C\C=C3/N(C)c4ccccc4C3(C)C)/C=C/C3=[N+](C)c4ccccc4C3(C)C)cc2)Cc2ccccc2B(O)O)cc1)Cc1ccccc1B(O)O. The fraction of sp³-hybridized carbons (Fsp3) is 0.270. The lowest BCUT2D eigenvalue weighted by atomic mass is 9.77. The van der Waals surface area contributed by atoms with Gasteiger partial charge in [0.05, 0.1) is 5.41 Å². The number of nitrogens with one attached hydrogen (secondary N) is 1. The minimum atomic E-state index is -1.60. The number of hydrogen-bond donors (Lipinski definition) is 5. The summed E-state index contributed by atoms with van der Waals surface area (Å²) < 4.78 is 2.31. The Balaban J connectivity index is 1.06. The zero-order chi connectivity index (χ0) is 53.4. The molecule has 12 heteroatoms. The number of carbonyl (C=O) groups is 1. The number of para-hydroxylation sites is 2. The van der Waals surface area contributed by atoms with Crippen LogP contribution in [-0.4, -0.2) is 87.5 Å². The first-order chi connectivity index (χ1) is 35.9. The van der Waals surface area contributed by atoms with Crippen molar-refractivity contribution in [2.24, 2.45) is 0 Å². The summed E-state index contributed by atoms with van der Waals surface area (Å²) in [6, 6.07) is 49.5. The highest BCUT2D eigenvalue weighted by Crippen LogP contribution is 2.47. The molecule has 2 aliphatic rings. The Morgan fingerprint density at radius 1 is 0.667 bits per heavy atom. The Labute approximate surface area is 445 Å². The molecule has 0 saturated heterocycles. The maximum Gasteiger partial charge on any atom is 0.488 e. The van der Waals surface area contributed by atoms with Crippen LogP contribution in [0.5, 0.6) is 0 Å². The number of fused-ring (bicyclic) bond motifs is 2. The van der Waals surface area contributed by atoms with Gasteiger partial charge in [0, 0.05) is 92.9 Å². The zero-order valence-corrected chi connectivity index (χ0v) is 44.7. The molecule has 384 valence electrons. The summed E-state index contributed by atoms with van der Waals surface area (Å²) >= 11 is 0. The number of hydrogen-bond acceptors (Lipinski definition) is 8. The maximum atomic E-state index is 12.2. The molecule has 2 heterocycles. The summed E-state index contributed by atoms with van der Waals surface area (Å²) in [5.74, 6) is -0.168. The second-order valence-corrected chi connectivity index (χ2v) is 21.2. The van der Waals surface area contributed by atoms with Crippen LogP contribution in [0.2, 0.25) is 0 Å². The molecule has 0 bridgehead atoms. The summed E-state index contributed by atoms with van der Waals surface area (Å²) in [5.41, 5.74) is 15.8. The van der Waals surface area contributed by atoms with Gasteiger partial charge in [0.1, 0.15) is 7.05 Å². The minimum Gasteiger partial charge on any atom is -0.423 e. The molecule has 5 N–H and O–H groups in total. The van der Waals surface area contributed by atoms with E-state index in [0.29, 0.717) is 68.7 Å². The lowest BCUT2D eigenvalue weighted by molar-refractivity contribution is -0.401. The topological polar surface area (TPSA) is 123 Å². The molecule has 2 aliphatic heterocycles. The van der Waals surface area contributed by atoms with E-state index in [1.54, 1.807) is 25.1 Å². The summed E-state index contributed by atoms with van der Waals surface area (Å²) in [6.45, 7) is 18.6. The molecule has 0 atom stereocenters. The predicted octanol–water partition coefficient (Wildman–Crippen LogP) is 8.29. The van der Waals surface area contributed by atoms with E-state index in [-0.39, 0.29) is 16.7 Å². The number of allylic oxidation sites excluding steroid dienone is 6. The van der Waals surface area contributed by atoms with E-state index in [2.05, 4.69) is 194 Å². The molecule has 0 spiro atoms. The Morgan fingerprint density at radius 3 is 1.73 bits per heavy atom. The van der Waals surface area contributed by atoms with Crippen molar-refractivity contribution in [2.45, 2.75) is 84.6 Å². The molecule has 0 aliphatic carbocycles. The van der Waals surface area contributed by atoms with Gasteiger partial charge in [-0.3, -0.25) is 14.6 Å². The Hall–Kier alpha value is -6.89. The molecule has 0 unspecified atom stereocenters. The van der Waals surface area contributed by atoms with Gasteiger partial charge in [0.2, 0.25) is 11.6 Å². The van der Waals surface area contributed by atoms with Gasteiger partial charge in [0.25, 0.3) is 0 Å². The molecule has 8 rings (SSSR count). The third kappa shape index (κ3) is 12.6. The van der Waals surface area contributed by atoms with Crippen LogP contribution in [0.15, 0.2) is 188 Å². The molecular weight excluding hydrogens is 928 g/mol. The van der Waals surface area contributed by atoms with Gasteiger partial charge in [-0.15, -0.1) is 0 Å². The van der Waals surface area contributed by atoms with E-state index < -0.39 is 14.2 Å². The van der Waals surface area contributed by atoms with Crippen molar-refractivity contribution in [1.29, 1.82) is 0 Å². The van der Waals surface area contributed by atoms with Gasteiger partial charge in [-0.05, 0) is 101 Å². The van der Waals surface area contributed by atoms with Gasteiger partial charge >= 0.3 is 14.2 Å². The third-order valence-electron chi connectivity index (χ3n) is 15.0. The first-order valence-electron chi connectivity index (χ1n) is 26.0. The van der Waals surface area contributed by atoms with Crippen LogP contribution in [0, 0.1) is 0 Å². The van der Waals surface area contributed by atoms with Crippen LogP contribution >= 0.6 is 0 Å².